The molecule has 5 heteroatoms. The third-order valence-electron chi connectivity index (χ3n) is 4.23. The average Bonchev–Trinajstić information content (AvgIpc) is 2.79. The van der Waals surface area contributed by atoms with Gasteiger partial charge in [0.05, 0.1) is 5.92 Å². The maximum atomic E-state index is 12.3. The third kappa shape index (κ3) is 2.35. The largest absolute Gasteiger partial charge is 0.299 e. The summed E-state index contributed by atoms with van der Waals surface area (Å²) in [6, 6.07) is 8.86. The zero-order chi connectivity index (χ0) is 14.8. The van der Waals surface area contributed by atoms with Gasteiger partial charge in [0.1, 0.15) is 17.0 Å². The molecule has 5 nitrogen and oxygen atoms in total. The summed E-state index contributed by atoms with van der Waals surface area (Å²) in [4.78, 5) is 35.0. The summed E-state index contributed by atoms with van der Waals surface area (Å²) in [6.07, 6.45) is 1.37. The number of ketones is 2. The van der Waals surface area contributed by atoms with E-state index in [1.165, 1.54) is 6.92 Å². The van der Waals surface area contributed by atoms with Crippen LogP contribution in [0.4, 0.5) is 0 Å². The molecule has 0 heterocycles. The van der Waals surface area contributed by atoms with Gasteiger partial charge in [-0.15, -0.1) is 0 Å². The molecule has 0 radical (unpaired) electrons. The quantitative estimate of drug-likeness (QED) is 0.469. The number of hydrogen-bond acceptors (Lipinski definition) is 4. The van der Waals surface area contributed by atoms with E-state index in [-0.39, 0.29) is 11.6 Å². The maximum Gasteiger partial charge on any atom is 0.212 e. The van der Waals surface area contributed by atoms with Crippen molar-refractivity contribution in [3.63, 3.8) is 0 Å². The molecular formula is C15H17NO4. The Labute approximate surface area is 117 Å². The van der Waals surface area contributed by atoms with Crippen molar-refractivity contribution in [3.8, 4) is 0 Å². The summed E-state index contributed by atoms with van der Waals surface area (Å²) in [5.41, 5.74) is -0.524. The van der Waals surface area contributed by atoms with Crippen molar-refractivity contribution in [1.29, 1.82) is 0 Å². The lowest BCUT2D eigenvalue weighted by molar-refractivity contribution is -0.485. The summed E-state index contributed by atoms with van der Waals surface area (Å²) in [5.74, 6) is -1.08. The fourth-order valence-corrected chi connectivity index (χ4v) is 3.26. The standard InChI is InChI=1S/C15H17NO4/c1-11(17)15(9-5-8-14(15)18)13(10-16(19)20)12-6-3-2-4-7-12/h2-4,6-7,13H,5,8-10H2,1H3/t13-,15+/m1/s1. The summed E-state index contributed by atoms with van der Waals surface area (Å²) in [6.45, 7) is 0.981. The van der Waals surface area contributed by atoms with Crippen LogP contribution in [-0.4, -0.2) is 23.0 Å². The van der Waals surface area contributed by atoms with Gasteiger partial charge < -0.3 is 0 Å². The highest BCUT2D eigenvalue weighted by molar-refractivity contribution is 6.08. The highest BCUT2D eigenvalue weighted by Gasteiger charge is 2.54. The van der Waals surface area contributed by atoms with Gasteiger partial charge in [-0.3, -0.25) is 19.7 Å². The summed E-state index contributed by atoms with van der Waals surface area (Å²) in [7, 11) is 0. The lowest BCUT2D eigenvalue weighted by Crippen LogP contribution is -2.42. The van der Waals surface area contributed by atoms with E-state index in [1.54, 1.807) is 24.3 Å². The van der Waals surface area contributed by atoms with E-state index in [2.05, 4.69) is 0 Å². The van der Waals surface area contributed by atoms with Crippen LogP contribution in [0.5, 0.6) is 0 Å². The molecule has 20 heavy (non-hydrogen) atoms. The van der Waals surface area contributed by atoms with Crippen molar-refractivity contribution < 1.29 is 14.5 Å². The first-order chi connectivity index (χ1) is 9.48. The summed E-state index contributed by atoms with van der Waals surface area (Å²) >= 11 is 0. The fraction of sp³-hybridized carbons (Fsp3) is 0.467. The van der Waals surface area contributed by atoms with E-state index in [4.69, 9.17) is 0 Å². The molecule has 0 N–H and O–H groups in total. The number of Topliss-reactive ketones (excluding diaryl/α,β-unsaturated/α-hetero) is 2. The molecule has 0 saturated heterocycles. The van der Waals surface area contributed by atoms with Crippen molar-refractivity contribution in [1.82, 2.24) is 0 Å². The topological polar surface area (TPSA) is 77.3 Å². The second-order valence-electron chi connectivity index (χ2n) is 5.28. The molecule has 0 amide bonds. The Kier molecular flexibility index (Phi) is 3.97. The molecule has 1 fully saturated rings. The van der Waals surface area contributed by atoms with Gasteiger partial charge in [-0.05, 0) is 25.3 Å². The number of rotatable bonds is 5. The van der Waals surface area contributed by atoms with Crippen LogP contribution in [0, 0.1) is 15.5 Å². The molecule has 0 spiro atoms. The molecule has 1 aromatic rings. The van der Waals surface area contributed by atoms with Gasteiger partial charge in [-0.2, -0.15) is 0 Å². The third-order valence-corrected chi connectivity index (χ3v) is 4.23. The lowest BCUT2D eigenvalue weighted by Gasteiger charge is -2.31. The minimum Gasteiger partial charge on any atom is -0.299 e. The SMILES string of the molecule is CC(=O)[C@]1([C@H](C[N+](=O)[O-])c2ccccc2)CCCC1=O. The first kappa shape index (κ1) is 14.4. The number of carbonyl (C=O) groups excluding carboxylic acids is 2. The van der Waals surface area contributed by atoms with Crippen molar-refractivity contribution in [2.45, 2.75) is 32.1 Å². The number of hydrogen-bond donors (Lipinski definition) is 0. The Morgan fingerprint density at radius 2 is 2.05 bits per heavy atom. The number of benzene rings is 1. The van der Waals surface area contributed by atoms with E-state index in [0.29, 0.717) is 24.8 Å². The van der Waals surface area contributed by atoms with E-state index in [1.807, 2.05) is 6.07 Å². The van der Waals surface area contributed by atoms with Crippen LogP contribution in [-0.2, 0) is 9.59 Å². The average molecular weight is 275 g/mol. The molecule has 0 aliphatic heterocycles. The van der Waals surface area contributed by atoms with Crippen molar-refractivity contribution in [2.24, 2.45) is 5.41 Å². The van der Waals surface area contributed by atoms with Crippen molar-refractivity contribution in [2.75, 3.05) is 6.54 Å². The van der Waals surface area contributed by atoms with Crippen LogP contribution in [0.25, 0.3) is 0 Å². The maximum absolute atomic E-state index is 12.3. The Bertz CT molecular complexity index is 540. The number of nitro groups is 1. The first-order valence-electron chi connectivity index (χ1n) is 6.69. The molecule has 2 atom stereocenters. The monoisotopic (exact) mass is 275 g/mol. The molecule has 2 rings (SSSR count). The van der Waals surface area contributed by atoms with Gasteiger partial charge in [0.25, 0.3) is 0 Å². The zero-order valence-electron chi connectivity index (χ0n) is 11.4. The van der Waals surface area contributed by atoms with Crippen molar-refractivity contribution >= 4 is 11.6 Å². The molecule has 106 valence electrons. The molecule has 1 saturated carbocycles. The Morgan fingerprint density at radius 1 is 1.40 bits per heavy atom. The highest BCUT2D eigenvalue weighted by atomic mass is 16.6. The van der Waals surface area contributed by atoms with Gasteiger partial charge in [0.15, 0.2) is 0 Å². The smallest absolute Gasteiger partial charge is 0.212 e. The predicted molar refractivity (Wildman–Crippen MR) is 73.0 cm³/mol. The van der Waals surface area contributed by atoms with Crippen LogP contribution in [0.3, 0.4) is 0 Å². The zero-order valence-corrected chi connectivity index (χ0v) is 11.4. The highest BCUT2D eigenvalue weighted by Crippen LogP contribution is 2.47. The first-order valence-corrected chi connectivity index (χ1v) is 6.69. The molecule has 1 aliphatic rings. The molecule has 1 aliphatic carbocycles. The van der Waals surface area contributed by atoms with Gasteiger partial charge in [0, 0.05) is 11.3 Å². The van der Waals surface area contributed by atoms with Crippen molar-refractivity contribution in [3.05, 3.63) is 46.0 Å². The van der Waals surface area contributed by atoms with Gasteiger partial charge in [0.2, 0.25) is 6.54 Å². The van der Waals surface area contributed by atoms with Crippen LogP contribution in [0.15, 0.2) is 30.3 Å². The minimum absolute atomic E-state index is 0.152. The van der Waals surface area contributed by atoms with Crippen LogP contribution in [0.1, 0.15) is 37.7 Å². The Hall–Kier alpha value is -2.04. The van der Waals surface area contributed by atoms with E-state index >= 15 is 0 Å². The predicted octanol–water partition coefficient (Wildman–Crippen LogP) is 2.38. The fourth-order valence-electron chi connectivity index (χ4n) is 3.26. The Morgan fingerprint density at radius 3 is 2.50 bits per heavy atom. The lowest BCUT2D eigenvalue weighted by atomic mass is 9.67. The normalized spacial score (nSPS) is 23.6. The van der Waals surface area contributed by atoms with Gasteiger partial charge >= 0.3 is 0 Å². The second-order valence-corrected chi connectivity index (χ2v) is 5.28. The van der Waals surface area contributed by atoms with E-state index in [9.17, 15) is 19.7 Å². The van der Waals surface area contributed by atoms with E-state index in [0.717, 1.165) is 0 Å². The molecule has 0 aromatic heterocycles. The number of nitrogens with zero attached hydrogens (tertiary/aromatic N) is 1. The number of carbonyl (C=O) groups is 2. The summed E-state index contributed by atoms with van der Waals surface area (Å²) in [5, 5.41) is 11.0. The minimum atomic E-state index is -1.21. The Balaban J connectivity index is 2.52. The second kappa shape index (κ2) is 5.53. The van der Waals surface area contributed by atoms with Crippen LogP contribution < -0.4 is 0 Å². The van der Waals surface area contributed by atoms with Crippen LogP contribution >= 0.6 is 0 Å². The molecule has 1 aromatic carbocycles. The molecular weight excluding hydrogens is 258 g/mol. The molecule has 0 bridgehead atoms. The van der Waals surface area contributed by atoms with Gasteiger partial charge in [-0.25, -0.2) is 0 Å². The van der Waals surface area contributed by atoms with Crippen LogP contribution in [0.2, 0.25) is 0 Å². The summed E-state index contributed by atoms with van der Waals surface area (Å²) < 4.78 is 0. The molecule has 0 unspecified atom stereocenters. The van der Waals surface area contributed by atoms with E-state index < -0.39 is 22.8 Å². The van der Waals surface area contributed by atoms with Gasteiger partial charge in [-0.1, -0.05) is 30.3 Å².